The number of benzene rings is 5. The minimum absolute atomic E-state index is 0.636. The van der Waals surface area contributed by atoms with Crippen LogP contribution in [0, 0.1) is 0 Å². The van der Waals surface area contributed by atoms with Crippen molar-refractivity contribution in [1.29, 1.82) is 0 Å². The summed E-state index contributed by atoms with van der Waals surface area (Å²) < 4.78 is 7.05. The average molecular weight is 808 g/mol. The van der Waals surface area contributed by atoms with Crippen LogP contribution in [0.2, 0.25) is 0 Å². The molecule has 63 heavy (non-hydrogen) atoms. The first-order valence-electron chi connectivity index (χ1n) is 20.9. The molecule has 0 spiro atoms. The van der Waals surface area contributed by atoms with Gasteiger partial charge >= 0.3 is 0 Å². The van der Waals surface area contributed by atoms with Gasteiger partial charge < -0.3 is 13.7 Å². The lowest BCUT2D eigenvalue weighted by Crippen LogP contribution is -2.10. The first-order valence-corrected chi connectivity index (χ1v) is 20.9. The summed E-state index contributed by atoms with van der Waals surface area (Å²) in [5.74, 6) is 0.636. The standard InChI is InChI=1S/C54H33N9/c1-3-15-34(16-4-1)39-33-40(60-54(59-39)35-17-5-2-6-18-35)36-31-47(61-43-23-11-27-55-49(43)50-44(61)24-12-28-56-50)53(63-41-21-9-7-19-37(41)38-20-8-10-22-42(38)63)48(32-36)62-45-25-13-29-57-51(45)52-46(62)26-14-30-58-52/h1-33H. The van der Waals surface area contributed by atoms with E-state index in [-0.39, 0.29) is 0 Å². The number of hydrogen-bond donors (Lipinski definition) is 0. The Morgan fingerprint density at radius 2 is 0.683 bits per heavy atom. The summed E-state index contributed by atoms with van der Waals surface area (Å²) in [6.07, 6.45) is 7.36. The quantitative estimate of drug-likeness (QED) is 0.166. The summed E-state index contributed by atoms with van der Waals surface area (Å²) in [6, 6.07) is 61.0. The summed E-state index contributed by atoms with van der Waals surface area (Å²) in [5.41, 5.74) is 16.3. The molecule has 0 radical (unpaired) electrons. The molecule has 9 heteroatoms. The van der Waals surface area contributed by atoms with E-state index in [4.69, 9.17) is 29.9 Å². The molecule has 0 N–H and O–H groups in total. The lowest BCUT2D eigenvalue weighted by Gasteiger charge is -2.23. The predicted octanol–water partition coefficient (Wildman–Crippen LogP) is 12.3. The second-order valence-electron chi connectivity index (χ2n) is 15.6. The van der Waals surface area contributed by atoms with Crippen molar-refractivity contribution in [3.63, 3.8) is 0 Å². The summed E-state index contributed by atoms with van der Waals surface area (Å²) in [5, 5.41) is 2.31. The van der Waals surface area contributed by atoms with Crippen LogP contribution in [0.5, 0.6) is 0 Å². The monoisotopic (exact) mass is 807 g/mol. The molecule has 0 saturated heterocycles. The van der Waals surface area contributed by atoms with Gasteiger partial charge in [-0.1, -0.05) is 97.1 Å². The Hall–Kier alpha value is -8.82. The van der Waals surface area contributed by atoms with E-state index < -0.39 is 0 Å². The summed E-state index contributed by atoms with van der Waals surface area (Å²) in [7, 11) is 0. The van der Waals surface area contributed by atoms with Gasteiger partial charge in [-0.05, 0) is 78.9 Å². The summed E-state index contributed by atoms with van der Waals surface area (Å²) in [4.78, 5) is 30.3. The van der Waals surface area contributed by atoms with Gasteiger partial charge in [0.2, 0.25) is 0 Å². The van der Waals surface area contributed by atoms with Crippen LogP contribution in [0.1, 0.15) is 0 Å². The summed E-state index contributed by atoms with van der Waals surface area (Å²) >= 11 is 0. The Bertz CT molecular complexity index is 3570. The molecule has 8 aromatic heterocycles. The number of para-hydroxylation sites is 2. The van der Waals surface area contributed by atoms with Crippen molar-refractivity contribution < 1.29 is 0 Å². The highest BCUT2D eigenvalue weighted by molar-refractivity contribution is 6.12. The van der Waals surface area contributed by atoms with Gasteiger partial charge in [0.05, 0.1) is 61.6 Å². The van der Waals surface area contributed by atoms with E-state index in [1.165, 1.54) is 0 Å². The Labute approximate surface area is 359 Å². The first kappa shape index (κ1) is 35.0. The van der Waals surface area contributed by atoms with Gasteiger partial charge in [0.15, 0.2) is 5.82 Å². The van der Waals surface area contributed by atoms with E-state index >= 15 is 0 Å². The van der Waals surface area contributed by atoms with Crippen molar-refractivity contribution in [2.45, 2.75) is 0 Å². The Kier molecular flexibility index (Phi) is 7.70. The third kappa shape index (κ3) is 5.36. The van der Waals surface area contributed by atoms with Crippen LogP contribution in [0.4, 0.5) is 0 Å². The molecular formula is C54H33N9. The lowest BCUT2D eigenvalue weighted by atomic mass is 10.0. The zero-order chi connectivity index (χ0) is 41.4. The Morgan fingerprint density at radius 1 is 0.302 bits per heavy atom. The van der Waals surface area contributed by atoms with Gasteiger partial charge in [0.25, 0.3) is 0 Å². The predicted molar refractivity (Wildman–Crippen MR) is 253 cm³/mol. The molecule has 5 aromatic carbocycles. The van der Waals surface area contributed by atoms with Crippen LogP contribution in [0.25, 0.3) is 117 Å². The minimum atomic E-state index is 0.636. The lowest BCUT2D eigenvalue weighted by molar-refractivity contribution is 1.05. The normalized spacial score (nSPS) is 11.8. The molecule has 13 aromatic rings. The van der Waals surface area contributed by atoms with Crippen LogP contribution >= 0.6 is 0 Å². The van der Waals surface area contributed by atoms with Crippen molar-refractivity contribution in [3.8, 4) is 51.0 Å². The van der Waals surface area contributed by atoms with E-state index in [9.17, 15) is 0 Å². The third-order valence-corrected chi connectivity index (χ3v) is 12.0. The van der Waals surface area contributed by atoms with Crippen LogP contribution in [-0.2, 0) is 0 Å². The van der Waals surface area contributed by atoms with Gasteiger partial charge in [0.1, 0.15) is 22.1 Å². The topological polar surface area (TPSA) is 92.1 Å². The third-order valence-electron chi connectivity index (χ3n) is 12.0. The molecule has 294 valence electrons. The number of hydrogen-bond acceptors (Lipinski definition) is 6. The highest BCUT2D eigenvalue weighted by atomic mass is 15.1. The summed E-state index contributed by atoms with van der Waals surface area (Å²) in [6.45, 7) is 0. The SMILES string of the molecule is c1ccc(-c2cc(-c3cc(-n4c5cccnc5c5ncccc54)c(-n4c5ccccc5c5ccccc54)c(-n4c5cccnc5c5ncccc54)c3)nc(-c3ccccc3)n2)cc1. The van der Waals surface area contributed by atoms with E-state index in [1.807, 2.05) is 85.5 Å². The van der Waals surface area contributed by atoms with Gasteiger partial charge in [-0.15, -0.1) is 0 Å². The van der Waals surface area contributed by atoms with Crippen LogP contribution in [-0.4, -0.2) is 43.6 Å². The van der Waals surface area contributed by atoms with E-state index in [1.54, 1.807) is 0 Å². The number of pyridine rings is 4. The fraction of sp³-hybridized carbons (Fsp3) is 0. The maximum Gasteiger partial charge on any atom is 0.160 e. The maximum absolute atomic E-state index is 5.40. The number of nitrogens with zero attached hydrogens (tertiary/aromatic N) is 9. The van der Waals surface area contributed by atoms with E-state index in [2.05, 4.69) is 129 Å². The minimum Gasteiger partial charge on any atom is -0.305 e. The molecule has 8 heterocycles. The maximum atomic E-state index is 5.40. The van der Waals surface area contributed by atoms with Crippen LogP contribution in [0.15, 0.2) is 201 Å². The molecule has 0 amide bonds. The molecule has 13 rings (SSSR count). The zero-order valence-corrected chi connectivity index (χ0v) is 33.6. The van der Waals surface area contributed by atoms with Crippen molar-refractivity contribution in [2.75, 3.05) is 0 Å². The molecule has 0 saturated carbocycles. The Morgan fingerprint density at radius 3 is 1.14 bits per heavy atom. The highest BCUT2D eigenvalue weighted by Crippen LogP contribution is 2.44. The van der Waals surface area contributed by atoms with Crippen molar-refractivity contribution in [3.05, 3.63) is 201 Å². The van der Waals surface area contributed by atoms with Crippen LogP contribution in [0.3, 0.4) is 0 Å². The smallest absolute Gasteiger partial charge is 0.160 e. The number of aromatic nitrogens is 9. The van der Waals surface area contributed by atoms with Crippen LogP contribution < -0.4 is 0 Å². The number of fused-ring (bicyclic) bond motifs is 9. The molecule has 0 aliphatic carbocycles. The molecule has 0 atom stereocenters. The molecular weight excluding hydrogens is 775 g/mol. The van der Waals surface area contributed by atoms with Crippen molar-refractivity contribution in [1.82, 2.24) is 43.6 Å². The van der Waals surface area contributed by atoms with Gasteiger partial charge in [0, 0.05) is 52.3 Å². The Balaban J connectivity index is 1.26. The molecule has 0 fully saturated rings. The first-order chi connectivity index (χ1) is 31.3. The highest BCUT2D eigenvalue weighted by Gasteiger charge is 2.27. The van der Waals surface area contributed by atoms with Crippen molar-refractivity contribution >= 4 is 65.9 Å². The van der Waals surface area contributed by atoms with Crippen molar-refractivity contribution in [2.24, 2.45) is 0 Å². The molecule has 9 nitrogen and oxygen atoms in total. The molecule has 0 aliphatic heterocycles. The molecule has 0 aliphatic rings. The van der Waals surface area contributed by atoms with Gasteiger partial charge in [-0.2, -0.15) is 0 Å². The zero-order valence-electron chi connectivity index (χ0n) is 33.6. The van der Waals surface area contributed by atoms with Gasteiger partial charge in [-0.3, -0.25) is 19.9 Å². The van der Waals surface area contributed by atoms with E-state index in [0.717, 1.165) is 111 Å². The van der Waals surface area contributed by atoms with E-state index in [0.29, 0.717) is 5.82 Å². The number of rotatable bonds is 6. The van der Waals surface area contributed by atoms with Gasteiger partial charge in [-0.25, -0.2) is 9.97 Å². The largest absolute Gasteiger partial charge is 0.305 e. The fourth-order valence-corrected chi connectivity index (χ4v) is 9.37. The molecule has 0 bridgehead atoms. The second kappa shape index (κ2) is 13.9. The fourth-order valence-electron chi connectivity index (χ4n) is 9.37. The second-order valence-corrected chi connectivity index (χ2v) is 15.6. The molecule has 0 unspecified atom stereocenters. The average Bonchev–Trinajstić information content (AvgIpc) is 4.00.